The Labute approximate surface area is 104 Å². The summed E-state index contributed by atoms with van der Waals surface area (Å²) in [5, 5.41) is 2.18. The lowest BCUT2D eigenvalue weighted by Crippen LogP contribution is -2.23. The SMILES string of the molecule is COC(=O)C(=O)Nc1ccc(SC(F)(F)F)cc1. The number of halogens is 3. The second kappa shape index (κ2) is 5.76. The fourth-order valence-corrected chi connectivity index (χ4v) is 1.55. The van der Waals surface area contributed by atoms with E-state index in [2.05, 4.69) is 10.1 Å². The molecule has 0 radical (unpaired) electrons. The number of nitrogens with one attached hydrogen (secondary N) is 1. The fourth-order valence-electron chi connectivity index (χ4n) is 1.01. The van der Waals surface area contributed by atoms with Gasteiger partial charge in [0.15, 0.2) is 0 Å². The van der Waals surface area contributed by atoms with Crippen molar-refractivity contribution in [3.8, 4) is 0 Å². The molecule has 0 heterocycles. The fraction of sp³-hybridized carbons (Fsp3) is 0.200. The van der Waals surface area contributed by atoms with Crippen LogP contribution in [0.15, 0.2) is 29.2 Å². The van der Waals surface area contributed by atoms with Crippen LogP contribution in [0.2, 0.25) is 0 Å². The number of hydrogen-bond donors (Lipinski definition) is 1. The van der Waals surface area contributed by atoms with Crippen LogP contribution < -0.4 is 5.32 Å². The highest BCUT2D eigenvalue weighted by Gasteiger charge is 2.29. The van der Waals surface area contributed by atoms with E-state index in [1.165, 1.54) is 24.3 Å². The first-order valence-electron chi connectivity index (χ1n) is 4.57. The molecular weight excluding hydrogens is 271 g/mol. The Bertz CT molecular complexity index is 445. The average Bonchev–Trinajstić information content (AvgIpc) is 2.28. The van der Waals surface area contributed by atoms with E-state index in [9.17, 15) is 22.8 Å². The number of hydrogen-bond acceptors (Lipinski definition) is 4. The molecule has 8 heteroatoms. The number of thioether (sulfide) groups is 1. The van der Waals surface area contributed by atoms with E-state index < -0.39 is 17.4 Å². The predicted molar refractivity (Wildman–Crippen MR) is 59.0 cm³/mol. The molecule has 1 amide bonds. The van der Waals surface area contributed by atoms with Crippen molar-refractivity contribution in [2.45, 2.75) is 10.4 Å². The summed E-state index contributed by atoms with van der Waals surface area (Å²) in [6.45, 7) is 0. The van der Waals surface area contributed by atoms with Crippen LogP contribution in [-0.2, 0) is 14.3 Å². The van der Waals surface area contributed by atoms with Gasteiger partial charge >= 0.3 is 17.4 Å². The Morgan fingerprint density at radius 3 is 2.22 bits per heavy atom. The Balaban J connectivity index is 2.66. The van der Waals surface area contributed by atoms with Crippen LogP contribution in [0.3, 0.4) is 0 Å². The zero-order chi connectivity index (χ0) is 13.8. The van der Waals surface area contributed by atoms with Gasteiger partial charge in [-0.2, -0.15) is 13.2 Å². The van der Waals surface area contributed by atoms with Crippen LogP contribution >= 0.6 is 11.8 Å². The number of alkyl halides is 3. The van der Waals surface area contributed by atoms with E-state index >= 15 is 0 Å². The molecule has 0 atom stereocenters. The average molecular weight is 279 g/mol. The van der Waals surface area contributed by atoms with Gasteiger partial charge in [-0.3, -0.25) is 4.79 Å². The Morgan fingerprint density at radius 2 is 1.78 bits per heavy atom. The molecule has 0 aliphatic rings. The maximum Gasteiger partial charge on any atom is 0.446 e. The van der Waals surface area contributed by atoms with E-state index in [0.29, 0.717) is 0 Å². The molecule has 1 N–H and O–H groups in total. The van der Waals surface area contributed by atoms with Gasteiger partial charge in [0, 0.05) is 10.6 Å². The van der Waals surface area contributed by atoms with Crippen LogP contribution in [0.25, 0.3) is 0 Å². The van der Waals surface area contributed by atoms with Crippen LogP contribution in [-0.4, -0.2) is 24.5 Å². The third-order valence-electron chi connectivity index (χ3n) is 1.72. The molecule has 0 aliphatic carbocycles. The second-order valence-corrected chi connectivity index (χ2v) is 4.16. The molecule has 0 unspecified atom stereocenters. The van der Waals surface area contributed by atoms with Crippen molar-refractivity contribution in [1.29, 1.82) is 0 Å². The molecule has 0 fully saturated rings. The molecule has 1 aromatic rings. The molecule has 4 nitrogen and oxygen atoms in total. The van der Waals surface area contributed by atoms with Gasteiger partial charge < -0.3 is 10.1 Å². The number of amides is 1. The first-order valence-corrected chi connectivity index (χ1v) is 5.38. The summed E-state index contributed by atoms with van der Waals surface area (Å²) in [5.74, 6) is -2.07. The van der Waals surface area contributed by atoms with E-state index in [1.54, 1.807) is 0 Å². The maximum absolute atomic E-state index is 12.0. The van der Waals surface area contributed by atoms with Crippen molar-refractivity contribution >= 4 is 29.3 Å². The number of anilines is 1. The van der Waals surface area contributed by atoms with E-state index in [0.717, 1.165) is 7.11 Å². The van der Waals surface area contributed by atoms with Crippen molar-refractivity contribution in [2.24, 2.45) is 0 Å². The molecule has 18 heavy (non-hydrogen) atoms. The predicted octanol–water partition coefficient (Wildman–Crippen LogP) is 2.41. The van der Waals surface area contributed by atoms with Gasteiger partial charge in [-0.15, -0.1) is 0 Å². The minimum absolute atomic E-state index is 0.0152. The van der Waals surface area contributed by atoms with Crippen molar-refractivity contribution in [3.05, 3.63) is 24.3 Å². The molecule has 0 spiro atoms. The zero-order valence-corrected chi connectivity index (χ0v) is 9.89. The van der Waals surface area contributed by atoms with Gasteiger partial charge in [-0.05, 0) is 36.0 Å². The summed E-state index contributed by atoms with van der Waals surface area (Å²) in [6.07, 6.45) is 0. The molecule has 0 saturated heterocycles. The molecule has 98 valence electrons. The van der Waals surface area contributed by atoms with Gasteiger partial charge in [0.2, 0.25) is 0 Å². The van der Waals surface area contributed by atoms with Crippen molar-refractivity contribution in [2.75, 3.05) is 12.4 Å². The van der Waals surface area contributed by atoms with Gasteiger partial charge in [-0.1, -0.05) is 0 Å². The molecule has 1 rings (SSSR count). The number of carbonyl (C=O) groups is 2. The van der Waals surface area contributed by atoms with E-state index in [1.807, 2.05) is 0 Å². The summed E-state index contributed by atoms with van der Waals surface area (Å²) < 4.78 is 40.3. The number of esters is 1. The molecule has 0 bridgehead atoms. The summed E-state index contributed by atoms with van der Waals surface area (Å²) >= 11 is -0.265. The summed E-state index contributed by atoms with van der Waals surface area (Å²) in [4.78, 5) is 21.9. The molecule has 0 saturated carbocycles. The summed E-state index contributed by atoms with van der Waals surface area (Å²) in [6, 6.07) is 4.89. The quantitative estimate of drug-likeness (QED) is 0.513. The normalized spacial score (nSPS) is 10.9. The number of rotatable bonds is 2. The molecular formula is C10H8F3NO3S. The second-order valence-electron chi connectivity index (χ2n) is 3.02. The van der Waals surface area contributed by atoms with Gasteiger partial charge in [0.1, 0.15) is 0 Å². The highest BCUT2D eigenvalue weighted by atomic mass is 32.2. The van der Waals surface area contributed by atoms with E-state index in [-0.39, 0.29) is 22.3 Å². The van der Waals surface area contributed by atoms with Gasteiger partial charge in [0.05, 0.1) is 7.11 Å². The Morgan fingerprint density at radius 1 is 1.22 bits per heavy atom. The van der Waals surface area contributed by atoms with Crippen LogP contribution in [0, 0.1) is 0 Å². The molecule has 0 aliphatic heterocycles. The minimum Gasteiger partial charge on any atom is -0.462 e. The van der Waals surface area contributed by atoms with Crippen molar-refractivity contribution in [3.63, 3.8) is 0 Å². The first-order chi connectivity index (χ1) is 8.31. The lowest BCUT2D eigenvalue weighted by Gasteiger charge is -2.07. The van der Waals surface area contributed by atoms with Gasteiger partial charge in [-0.25, -0.2) is 4.79 Å². The van der Waals surface area contributed by atoms with E-state index in [4.69, 9.17) is 0 Å². The standard InChI is InChI=1S/C10H8F3NO3S/c1-17-9(16)8(15)14-6-2-4-7(5-3-6)18-10(11,12)13/h2-5H,1H3,(H,14,15). The zero-order valence-electron chi connectivity index (χ0n) is 9.08. The number of carbonyl (C=O) groups excluding carboxylic acids is 2. The van der Waals surface area contributed by atoms with Crippen molar-refractivity contribution in [1.82, 2.24) is 0 Å². The molecule has 0 aromatic heterocycles. The number of methoxy groups -OCH3 is 1. The first kappa shape index (κ1) is 14.4. The largest absolute Gasteiger partial charge is 0.462 e. The lowest BCUT2D eigenvalue weighted by molar-refractivity contribution is -0.150. The number of benzene rings is 1. The molecule has 1 aromatic carbocycles. The lowest BCUT2D eigenvalue weighted by atomic mass is 10.3. The minimum atomic E-state index is -4.36. The maximum atomic E-state index is 12.0. The third kappa shape index (κ3) is 4.66. The highest BCUT2D eigenvalue weighted by Crippen LogP contribution is 2.36. The highest BCUT2D eigenvalue weighted by molar-refractivity contribution is 8.00. The summed E-state index contributed by atoms with van der Waals surface area (Å²) in [7, 11) is 1.05. The third-order valence-corrected chi connectivity index (χ3v) is 2.46. The Kier molecular flexibility index (Phi) is 4.60. The van der Waals surface area contributed by atoms with Gasteiger partial charge in [0.25, 0.3) is 0 Å². The topological polar surface area (TPSA) is 55.4 Å². The number of ether oxygens (including phenoxy) is 1. The van der Waals surface area contributed by atoms with Crippen LogP contribution in [0.4, 0.5) is 18.9 Å². The summed E-state index contributed by atoms with van der Waals surface area (Å²) in [5.41, 5.74) is -4.16. The van der Waals surface area contributed by atoms with Crippen LogP contribution in [0.1, 0.15) is 0 Å². The van der Waals surface area contributed by atoms with Crippen molar-refractivity contribution < 1.29 is 27.5 Å². The Hall–Kier alpha value is -1.70. The smallest absolute Gasteiger partial charge is 0.446 e. The van der Waals surface area contributed by atoms with Crippen LogP contribution in [0.5, 0.6) is 0 Å². The monoisotopic (exact) mass is 279 g/mol.